The molecule has 0 saturated heterocycles. The monoisotopic (exact) mass is 346 g/mol. The second-order valence-corrected chi connectivity index (χ2v) is 7.30. The topological polar surface area (TPSA) is 116 Å². The van der Waals surface area contributed by atoms with Crippen LogP contribution >= 0.6 is 0 Å². The first-order chi connectivity index (χ1) is 10.6. The maximum absolute atomic E-state index is 12.3. The van der Waals surface area contributed by atoms with Gasteiger partial charge in [-0.15, -0.1) is 0 Å². The second kappa shape index (κ2) is 8.12. The van der Waals surface area contributed by atoms with Crippen LogP contribution in [-0.4, -0.2) is 46.3 Å². The van der Waals surface area contributed by atoms with Crippen molar-refractivity contribution in [2.45, 2.75) is 72.2 Å². The third-order valence-electron chi connectivity index (χ3n) is 2.40. The highest BCUT2D eigenvalue weighted by Gasteiger charge is 2.42. The minimum Gasteiger partial charge on any atom is -0.481 e. The fraction of sp³-hybridized carbons (Fsp3) is 0.750. The minimum absolute atomic E-state index is 0.744. The summed E-state index contributed by atoms with van der Waals surface area (Å²) in [5, 5.41) is 9.03. The van der Waals surface area contributed by atoms with Gasteiger partial charge in [0.1, 0.15) is 17.1 Å². The van der Waals surface area contributed by atoms with Gasteiger partial charge in [-0.1, -0.05) is 0 Å². The van der Waals surface area contributed by atoms with E-state index in [0.717, 1.165) is 6.92 Å². The first-order valence-electron chi connectivity index (χ1n) is 7.47. The van der Waals surface area contributed by atoms with Crippen LogP contribution < -0.4 is 0 Å². The van der Waals surface area contributed by atoms with Gasteiger partial charge in [-0.05, 0) is 41.5 Å². The smallest absolute Gasteiger partial charge is 0.348 e. The van der Waals surface area contributed by atoms with E-state index in [1.807, 2.05) is 0 Å². The van der Waals surface area contributed by atoms with E-state index >= 15 is 0 Å². The van der Waals surface area contributed by atoms with Crippen LogP contribution in [0.3, 0.4) is 0 Å². The van der Waals surface area contributed by atoms with Crippen LogP contribution in [0.1, 0.15) is 54.9 Å². The summed E-state index contributed by atoms with van der Waals surface area (Å²) in [6.45, 7) is 10.6. The van der Waals surface area contributed by atoms with E-state index in [1.54, 1.807) is 41.5 Å². The molecule has 0 bridgehead atoms. The van der Waals surface area contributed by atoms with E-state index in [1.165, 1.54) is 0 Å². The Kier molecular flexibility index (Phi) is 7.40. The lowest BCUT2D eigenvalue weighted by molar-refractivity contribution is -0.188. The number of aliphatic carboxylic acids is 1. The summed E-state index contributed by atoms with van der Waals surface area (Å²) in [4.78, 5) is 47.0. The molecule has 0 aromatic rings. The van der Waals surface area contributed by atoms with E-state index in [2.05, 4.69) is 0 Å². The molecule has 0 unspecified atom stereocenters. The first kappa shape index (κ1) is 21.9. The van der Waals surface area contributed by atoms with Gasteiger partial charge < -0.3 is 19.3 Å². The molecule has 2 atom stereocenters. The summed E-state index contributed by atoms with van der Waals surface area (Å²) in [6.07, 6.45) is -2.45. The standard InChI is InChI=1S/C16H26O8/c1-9(17)22-12(14(21)24-16(5,6)7)10(8-11(18)19)13(20)23-15(2,3)4/h10,12H,8H2,1-7H3,(H,18,19)/t10-,12+/m0/s1. The maximum atomic E-state index is 12.3. The molecule has 0 saturated carbocycles. The Labute approximate surface area is 141 Å². The van der Waals surface area contributed by atoms with Crippen LogP contribution in [0, 0.1) is 5.92 Å². The van der Waals surface area contributed by atoms with Gasteiger partial charge in [-0.3, -0.25) is 14.4 Å². The van der Waals surface area contributed by atoms with Gasteiger partial charge in [0.25, 0.3) is 0 Å². The number of ether oxygens (including phenoxy) is 3. The lowest BCUT2D eigenvalue weighted by Crippen LogP contribution is -2.45. The number of carboxylic acid groups (broad SMARTS) is 1. The van der Waals surface area contributed by atoms with Crippen molar-refractivity contribution in [3.05, 3.63) is 0 Å². The number of hydrogen-bond acceptors (Lipinski definition) is 7. The molecule has 0 fully saturated rings. The molecular weight excluding hydrogens is 320 g/mol. The summed E-state index contributed by atoms with van der Waals surface area (Å²) in [5.74, 6) is -5.66. The summed E-state index contributed by atoms with van der Waals surface area (Å²) in [6, 6.07) is 0. The highest BCUT2D eigenvalue weighted by Crippen LogP contribution is 2.22. The van der Waals surface area contributed by atoms with Crippen molar-refractivity contribution in [2.75, 3.05) is 0 Å². The molecule has 138 valence electrons. The Morgan fingerprint density at radius 2 is 1.29 bits per heavy atom. The van der Waals surface area contributed by atoms with Gasteiger partial charge >= 0.3 is 23.9 Å². The fourth-order valence-electron chi connectivity index (χ4n) is 1.71. The zero-order chi connectivity index (χ0) is 19.3. The number of rotatable bonds is 6. The molecule has 0 rings (SSSR count). The van der Waals surface area contributed by atoms with Crippen molar-refractivity contribution >= 4 is 23.9 Å². The molecule has 0 spiro atoms. The number of hydrogen-bond donors (Lipinski definition) is 1. The molecule has 0 aromatic carbocycles. The summed E-state index contributed by atoms with van der Waals surface area (Å²) < 4.78 is 15.1. The molecule has 0 aliphatic rings. The summed E-state index contributed by atoms with van der Waals surface area (Å²) in [5.41, 5.74) is -1.81. The van der Waals surface area contributed by atoms with Crippen molar-refractivity contribution in [3.63, 3.8) is 0 Å². The average Bonchev–Trinajstić information content (AvgIpc) is 2.28. The van der Waals surface area contributed by atoms with Gasteiger partial charge in [0, 0.05) is 6.92 Å². The van der Waals surface area contributed by atoms with Crippen LogP contribution in [0.5, 0.6) is 0 Å². The third-order valence-corrected chi connectivity index (χ3v) is 2.40. The van der Waals surface area contributed by atoms with E-state index in [-0.39, 0.29) is 0 Å². The lowest BCUT2D eigenvalue weighted by atomic mass is 9.97. The lowest BCUT2D eigenvalue weighted by Gasteiger charge is -2.29. The molecule has 8 heteroatoms. The van der Waals surface area contributed by atoms with Crippen LogP contribution in [-0.2, 0) is 33.4 Å². The van der Waals surface area contributed by atoms with E-state index in [4.69, 9.17) is 19.3 Å². The molecular formula is C16H26O8. The highest BCUT2D eigenvalue weighted by molar-refractivity contribution is 5.88. The van der Waals surface area contributed by atoms with Crippen molar-refractivity contribution in [1.29, 1.82) is 0 Å². The molecule has 0 aliphatic heterocycles. The molecule has 0 heterocycles. The van der Waals surface area contributed by atoms with Gasteiger partial charge in [-0.25, -0.2) is 4.79 Å². The molecule has 0 aliphatic carbocycles. The Morgan fingerprint density at radius 3 is 1.62 bits per heavy atom. The predicted molar refractivity (Wildman–Crippen MR) is 83.0 cm³/mol. The van der Waals surface area contributed by atoms with E-state index < -0.39 is 53.5 Å². The third kappa shape index (κ3) is 9.12. The van der Waals surface area contributed by atoms with Crippen molar-refractivity contribution in [1.82, 2.24) is 0 Å². The summed E-state index contributed by atoms with van der Waals surface area (Å²) in [7, 11) is 0. The molecule has 0 radical (unpaired) electrons. The molecule has 8 nitrogen and oxygen atoms in total. The van der Waals surface area contributed by atoms with E-state index in [0.29, 0.717) is 0 Å². The SMILES string of the molecule is CC(=O)O[C@@H](C(=O)OC(C)(C)C)[C@H](CC(=O)O)C(=O)OC(C)(C)C. The zero-order valence-electron chi connectivity index (χ0n) is 15.2. The van der Waals surface area contributed by atoms with Crippen LogP contribution in [0.4, 0.5) is 0 Å². The molecule has 0 amide bonds. The van der Waals surface area contributed by atoms with Gasteiger partial charge in [-0.2, -0.15) is 0 Å². The maximum Gasteiger partial charge on any atom is 0.348 e. The Hall–Kier alpha value is -2.12. The second-order valence-electron chi connectivity index (χ2n) is 7.30. The van der Waals surface area contributed by atoms with Crippen LogP contribution in [0.25, 0.3) is 0 Å². The van der Waals surface area contributed by atoms with Crippen LogP contribution in [0.2, 0.25) is 0 Å². The number of carbonyl (C=O) groups excluding carboxylic acids is 3. The molecule has 24 heavy (non-hydrogen) atoms. The quantitative estimate of drug-likeness (QED) is 0.570. The Morgan fingerprint density at radius 1 is 0.875 bits per heavy atom. The first-order valence-corrected chi connectivity index (χ1v) is 7.47. The van der Waals surface area contributed by atoms with Gasteiger partial charge in [0.2, 0.25) is 6.10 Å². The fourth-order valence-corrected chi connectivity index (χ4v) is 1.71. The number of esters is 3. The largest absolute Gasteiger partial charge is 0.481 e. The summed E-state index contributed by atoms with van der Waals surface area (Å²) >= 11 is 0. The average molecular weight is 346 g/mol. The normalized spacial score (nSPS) is 14.3. The van der Waals surface area contributed by atoms with Crippen molar-refractivity contribution < 1.29 is 38.5 Å². The Bertz CT molecular complexity index is 449. The Balaban J connectivity index is 5.63. The van der Waals surface area contributed by atoms with Gasteiger partial charge in [0.05, 0.1) is 6.42 Å². The molecule has 1 N–H and O–H groups in total. The predicted octanol–water partition coefficient (Wildman–Crippen LogP) is 1.69. The van der Waals surface area contributed by atoms with E-state index in [9.17, 15) is 19.2 Å². The molecule has 0 aromatic heterocycles. The van der Waals surface area contributed by atoms with Crippen molar-refractivity contribution in [3.8, 4) is 0 Å². The zero-order valence-corrected chi connectivity index (χ0v) is 15.2. The minimum atomic E-state index is -1.70. The van der Waals surface area contributed by atoms with Crippen molar-refractivity contribution in [2.24, 2.45) is 5.92 Å². The number of carboxylic acids is 1. The number of carbonyl (C=O) groups is 4. The highest BCUT2D eigenvalue weighted by atomic mass is 16.6. The van der Waals surface area contributed by atoms with Gasteiger partial charge in [0.15, 0.2) is 0 Å². The van der Waals surface area contributed by atoms with Crippen LogP contribution in [0.15, 0.2) is 0 Å².